The Morgan fingerprint density at radius 3 is 2.53 bits per heavy atom. The molecule has 0 radical (unpaired) electrons. The topological polar surface area (TPSA) is 72.2 Å². The standard InChI is InChI=1S/C8H6Cl2N2O3/c1-11-8(13)6-5(12(14)15)3-2-4(9)7(6)10/h2-3H,1H3,(H,11,13). The van der Waals surface area contributed by atoms with Crippen molar-refractivity contribution in [3.05, 3.63) is 37.9 Å². The lowest BCUT2D eigenvalue weighted by molar-refractivity contribution is -0.385. The van der Waals surface area contributed by atoms with Crippen LogP contribution in [0.4, 0.5) is 5.69 Å². The third kappa shape index (κ3) is 2.19. The number of halogens is 2. The van der Waals surface area contributed by atoms with Crippen LogP contribution >= 0.6 is 23.2 Å². The monoisotopic (exact) mass is 248 g/mol. The fraction of sp³-hybridized carbons (Fsp3) is 0.125. The molecule has 0 bridgehead atoms. The third-order valence-electron chi connectivity index (χ3n) is 1.72. The predicted octanol–water partition coefficient (Wildman–Crippen LogP) is 2.26. The first kappa shape index (κ1) is 11.7. The van der Waals surface area contributed by atoms with Crippen molar-refractivity contribution in [2.24, 2.45) is 0 Å². The summed E-state index contributed by atoms with van der Waals surface area (Å²) in [5.41, 5.74) is -0.597. The molecule has 7 heteroatoms. The molecule has 0 atom stereocenters. The van der Waals surface area contributed by atoms with E-state index in [2.05, 4.69) is 5.32 Å². The molecule has 80 valence electrons. The van der Waals surface area contributed by atoms with Gasteiger partial charge in [-0.05, 0) is 6.07 Å². The highest BCUT2D eigenvalue weighted by Crippen LogP contribution is 2.32. The Morgan fingerprint density at radius 2 is 2.07 bits per heavy atom. The second-order valence-electron chi connectivity index (χ2n) is 2.59. The number of rotatable bonds is 2. The highest BCUT2D eigenvalue weighted by Gasteiger charge is 2.24. The van der Waals surface area contributed by atoms with Gasteiger partial charge in [0.25, 0.3) is 11.6 Å². The van der Waals surface area contributed by atoms with Crippen LogP contribution in [-0.2, 0) is 0 Å². The number of amides is 1. The van der Waals surface area contributed by atoms with Crippen molar-refractivity contribution >= 4 is 34.8 Å². The Bertz CT molecular complexity index is 434. The molecule has 1 aromatic carbocycles. The average molecular weight is 249 g/mol. The average Bonchev–Trinajstić information content (AvgIpc) is 2.20. The fourth-order valence-electron chi connectivity index (χ4n) is 1.03. The summed E-state index contributed by atoms with van der Waals surface area (Å²) in [5, 5.41) is 12.9. The second kappa shape index (κ2) is 4.46. The minimum absolute atomic E-state index is 0.0980. The maximum absolute atomic E-state index is 11.4. The number of nitro benzene ring substituents is 1. The Labute approximate surface area is 95.1 Å². The maximum atomic E-state index is 11.4. The van der Waals surface area contributed by atoms with Crippen LogP contribution in [0.25, 0.3) is 0 Å². The minimum Gasteiger partial charge on any atom is -0.355 e. The lowest BCUT2D eigenvalue weighted by Crippen LogP contribution is -2.19. The van der Waals surface area contributed by atoms with Crippen LogP contribution in [0.2, 0.25) is 10.0 Å². The van der Waals surface area contributed by atoms with Gasteiger partial charge in [-0.3, -0.25) is 14.9 Å². The lowest BCUT2D eigenvalue weighted by Gasteiger charge is -2.04. The molecular weight excluding hydrogens is 243 g/mol. The molecule has 15 heavy (non-hydrogen) atoms. The number of hydrogen-bond donors (Lipinski definition) is 1. The summed E-state index contributed by atoms with van der Waals surface area (Å²) < 4.78 is 0. The van der Waals surface area contributed by atoms with Gasteiger partial charge in [-0.25, -0.2) is 0 Å². The van der Waals surface area contributed by atoms with Crippen molar-refractivity contribution in [1.82, 2.24) is 5.32 Å². The van der Waals surface area contributed by atoms with Gasteiger partial charge in [0.2, 0.25) is 0 Å². The Kier molecular flexibility index (Phi) is 3.49. The summed E-state index contributed by atoms with van der Waals surface area (Å²) >= 11 is 11.4. The first-order chi connectivity index (χ1) is 6.99. The molecule has 1 N–H and O–H groups in total. The summed E-state index contributed by atoms with van der Waals surface area (Å²) in [6.07, 6.45) is 0. The highest BCUT2D eigenvalue weighted by atomic mass is 35.5. The molecule has 0 saturated heterocycles. The van der Waals surface area contributed by atoms with Crippen molar-refractivity contribution in [2.75, 3.05) is 7.05 Å². The Hall–Kier alpha value is -1.33. The van der Waals surface area contributed by atoms with E-state index >= 15 is 0 Å². The fourth-order valence-corrected chi connectivity index (χ4v) is 1.44. The SMILES string of the molecule is CNC(=O)c1c([N+](=O)[O-])ccc(Cl)c1Cl. The molecule has 0 fully saturated rings. The summed E-state index contributed by atoms with van der Waals surface area (Å²) in [7, 11) is 1.35. The van der Waals surface area contributed by atoms with Crippen molar-refractivity contribution < 1.29 is 9.72 Å². The first-order valence-corrected chi connectivity index (χ1v) is 4.59. The molecule has 0 spiro atoms. The second-order valence-corrected chi connectivity index (χ2v) is 3.38. The zero-order chi connectivity index (χ0) is 11.6. The van der Waals surface area contributed by atoms with Crippen LogP contribution in [0, 0.1) is 10.1 Å². The van der Waals surface area contributed by atoms with Crippen molar-refractivity contribution in [3.63, 3.8) is 0 Å². The van der Waals surface area contributed by atoms with Gasteiger partial charge in [-0.15, -0.1) is 0 Å². The van der Waals surface area contributed by atoms with E-state index in [0.717, 1.165) is 6.07 Å². The van der Waals surface area contributed by atoms with E-state index in [0.29, 0.717) is 0 Å². The number of carbonyl (C=O) groups is 1. The van der Waals surface area contributed by atoms with Gasteiger partial charge in [0.15, 0.2) is 0 Å². The van der Waals surface area contributed by atoms with Gasteiger partial charge in [0.05, 0.1) is 15.0 Å². The third-order valence-corrected chi connectivity index (χ3v) is 2.53. The van der Waals surface area contributed by atoms with Crippen LogP contribution in [0.15, 0.2) is 12.1 Å². The summed E-state index contributed by atoms with van der Waals surface area (Å²) in [6, 6.07) is 2.41. The molecular formula is C8H6Cl2N2O3. The van der Waals surface area contributed by atoms with E-state index in [9.17, 15) is 14.9 Å². The molecule has 1 amide bonds. The van der Waals surface area contributed by atoms with Gasteiger partial charge in [0, 0.05) is 13.1 Å². The van der Waals surface area contributed by atoms with Gasteiger partial charge < -0.3 is 5.32 Å². The molecule has 0 aliphatic rings. The summed E-state index contributed by atoms with van der Waals surface area (Å²) in [5.74, 6) is -0.644. The quantitative estimate of drug-likeness (QED) is 0.645. The van der Waals surface area contributed by atoms with Crippen LogP contribution in [0.3, 0.4) is 0 Å². The van der Waals surface area contributed by atoms with Crippen molar-refractivity contribution in [2.45, 2.75) is 0 Å². The predicted molar refractivity (Wildman–Crippen MR) is 56.5 cm³/mol. The van der Waals surface area contributed by atoms with Gasteiger partial charge in [0.1, 0.15) is 5.56 Å². The van der Waals surface area contributed by atoms with Gasteiger partial charge >= 0.3 is 0 Å². The molecule has 1 aromatic rings. The Balaban J connectivity index is 3.48. The summed E-state index contributed by atoms with van der Waals surface area (Å²) in [6.45, 7) is 0. The lowest BCUT2D eigenvalue weighted by atomic mass is 10.1. The molecule has 0 aliphatic heterocycles. The van der Waals surface area contributed by atoms with E-state index in [1.54, 1.807) is 0 Å². The number of carbonyl (C=O) groups excluding carboxylic acids is 1. The number of nitrogens with one attached hydrogen (secondary N) is 1. The Morgan fingerprint density at radius 1 is 1.47 bits per heavy atom. The van der Waals surface area contributed by atoms with E-state index in [1.165, 1.54) is 13.1 Å². The van der Waals surface area contributed by atoms with Crippen molar-refractivity contribution in [3.8, 4) is 0 Å². The maximum Gasteiger partial charge on any atom is 0.283 e. The van der Waals surface area contributed by atoms with Crippen LogP contribution in [0.1, 0.15) is 10.4 Å². The van der Waals surface area contributed by atoms with Crippen molar-refractivity contribution in [1.29, 1.82) is 0 Å². The normalized spacial score (nSPS) is 9.80. The number of nitro groups is 1. The number of benzene rings is 1. The zero-order valence-corrected chi connectivity index (χ0v) is 9.09. The minimum atomic E-state index is -0.688. The zero-order valence-electron chi connectivity index (χ0n) is 7.58. The number of nitrogens with zero attached hydrogens (tertiary/aromatic N) is 1. The molecule has 1 rings (SSSR count). The molecule has 0 aliphatic carbocycles. The molecule has 0 saturated carbocycles. The van der Waals surface area contributed by atoms with Crippen LogP contribution in [-0.4, -0.2) is 17.9 Å². The van der Waals surface area contributed by atoms with Gasteiger partial charge in [-0.1, -0.05) is 23.2 Å². The van der Waals surface area contributed by atoms with E-state index in [1.807, 2.05) is 0 Å². The van der Waals surface area contributed by atoms with E-state index < -0.39 is 10.8 Å². The van der Waals surface area contributed by atoms with E-state index in [-0.39, 0.29) is 21.3 Å². The number of hydrogen-bond acceptors (Lipinski definition) is 3. The highest BCUT2D eigenvalue weighted by molar-refractivity contribution is 6.44. The first-order valence-electron chi connectivity index (χ1n) is 3.83. The van der Waals surface area contributed by atoms with Crippen LogP contribution in [0.5, 0.6) is 0 Å². The van der Waals surface area contributed by atoms with E-state index in [4.69, 9.17) is 23.2 Å². The summed E-state index contributed by atoms with van der Waals surface area (Å²) in [4.78, 5) is 21.3. The van der Waals surface area contributed by atoms with Gasteiger partial charge in [-0.2, -0.15) is 0 Å². The molecule has 0 heterocycles. The molecule has 5 nitrogen and oxygen atoms in total. The van der Waals surface area contributed by atoms with Crippen LogP contribution < -0.4 is 5.32 Å². The molecule has 0 unspecified atom stereocenters. The smallest absolute Gasteiger partial charge is 0.283 e. The largest absolute Gasteiger partial charge is 0.355 e. The molecule has 0 aromatic heterocycles.